The monoisotopic (exact) mass is 575 g/mol. The molecule has 0 bridgehead atoms. The molecule has 1 aromatic carbocycles. The Balaban J connectivity index is 1.25. The first-order valence-electron chi connectivity index (χ1n) is 13.4. The second kappa shape index (κ2) is 10.0. The molecule has 10 nitrogen and oxygen atoms in total. The molecule has 0 spiro atoms. The lowest BCUT2D eigenvalue weighted by atomic mass is 10.1. The third kappa shape index (κ3) is 4.69. The van der Waals surface area contributed by atoms with Crippen LogP contribution in [0.5, 0.6) is 5.88 Å². The summed E-state index contributed by atoms with van der Waals surface area (Å²) in [5.74, 6) is 1.23. The maximum Gasteiger partial charge on any atom is 0.434 e. The third-order valence-corrected chi connectivity index (χ3v) is 7.54. The molecule has 0 atom stereocenters. The lowest BCUT2D eigenvalue weighted by molar-refractivity contribution is -0.141. The second-order valence-electron chi connectivity index (χ2n) is 10.4. The minimum atomic E-state index is -4.56. The van der Waals surface area contributed by atoms with Crippen LogP contribution in [0.3, 0.4) is 0 Å². The zero-order valence-corrected chi connectivity index (χ0v) is 22.4. The highest BCUT2D eigenvalue weighted by molar-refractivity contribution is 5.78. The number of nitrogens with zero attached hydrogens (tertiary/aromatic N) is 7. The van der Waals surface area contributed by atoms with E-state index in [-0.39, 0.29) is 29.9 Å². The van der Waals surface area contributed by atoms with Crippen LogP contribution in [0.15, 0.2) is 59.9 Å². The van der Waals surface area contributed by atoms with E-state index in [9.17, 15) is 18.0 Å². The molecule has 2 aliphatic rings. The van der Waals surface area contributed by atoms with Gasteiger partial charge in [-0.15, -0.1) is 0 Å². The Kier molecular flexibility index (Phi) is 6.26. The molecule has 4 aromatic heterocycles. The normalized spacial score (nSPS) is 15.6. The van der Waals surface area contributed by atoms with Crippen molar-refractivity contribution in [1.82, 2.24) is 34.1 Å². The Bertz CT molecular complexity index is 1860. The van der Waals surface area contributed by atoms with Gasteiger partial charge in [0, 0.05) is 35.3 Å². The Labute approximate surface area is 236 Å². The van der Waals surface area contributed by atoms with Gasteiger partial charge in [0.1, 0.15) is 23.4 Å². The molecule has 0 radical (unpaired) electrons. The van der Waals surface area contributed by atoms with Crippen LogP contribution < -0.4 is 10.3 Å². The molecule has 1 saturated heterocycles. The molecule has 214 valence electrons. The number of imidazole rings is 1. The fourth-order valence-electron chi connectivity index (χ4n) is 5.11. The highest BCUT2D eigenvalue weighted by Gasteiger charge is 2.37. The Morgan fingerprint density at radius 2 is 1.81 bits per heavy atom. The predicted octanol–water partition coefficient (Wildman–Crippen LogP) is 4.64. The maximum atomic E-state index is 13.4. The molecule has 5 heterocycles. The summed E-state index contributed by atoms with van der Waals surface area (Å²) in [6.07, 6.45) is 1.61. The Morgan fingerprint density at radius 3 is 2.48 bits per heavy atom. The molecular formula is C29H24F3N7O3. The lowest BCUT2D eigenvalue weighted by Crippen LogP contribution is -2.30. The quantitative estimate of drug-likeness (QED) is 0.276. The van der Waals surface area contributed by atoms with Crippen LogP contribution in [0.1, 0.15) is 41.8 Å². The number of hydrogen-bond donors (Lipinski definition) is 0. The van der Waals surface area contributed by atoms with Crippen molar-refractivity contribution in [2.45, 2.75) is 37.5 Å². The highest BCUT2D eigenvalue weighted by atomic mass is 19.4. The van der Waals surface area contributed by atoms with Gasteiger partial charge >= 0.3 is 6.18 Å². The van der Waals surface area contributed by atoms with Crippen LogP contribution in [0.4, 0.5) is 13.2 Å². The van der Waals surface area contributed by atoms with Gasteiger partial charge in [-0.25, -0.2) is 24.9 Å². The number of rotatable bonds is 7. The number of methoxy groups -OCH3 is 1. The van der Waals surface area contributed by atoms with Crippen LogP contribution in [-0.2, 0) is 17.5 Å². The van der Waals surface area contributed by atoms with Crippen LogP contribution in [0.25, 0.3) is 33.8 Å². The van der Waals surface area contributed by atoms with Crippen molar-refractivity contribution < 1.29 is 22.6 Å². The molecule has 5 aromatic rings. The van der Waals surface area contributed by atoms with Gasteiger partial charge < -0.3 is 14.0 Å². The summed E-state index contributed by atoms with van der Waals surface area (Å²) in [6.45, 7) is 0.842. The van der Waals surface area contributed by atoms with Crippen molar-refractivity contribution in [3.8, 4) is 28.7 Å². The van der Waals surface area contributed by atoms with Crippen molar-refractivity contribution in [2.24, 2.45) is 0 Å². The average Bonchev–Trinajstić information content (AvgIpc) is 3.71. The molecule has 0 N–H and O–H groups in total. The minimum Gasteiger partial charge on any atom is -0.480 e. The van der Waals surface area contributed by atoms with Gasteiger partial charge in [-0.05, 0) is 24.5 Å². The van der Waals surface area contributed by atoms with Gasteiger partial charge in [0.15, 0.2) is 11.5 Å². The Hall–Kier alpha value is -4.65. The van der Waals surface area contributed by atoms with E-state index in [0.717, 1.165) is 30.3 Å². The first kappa shape index (κ1) is 26.3. The standard InChI is InChI=1S/C29H24F3N7O3/c1-41-28-23(24(17-6-7-17)34-15-35-28)25-33-10-19-8-9-22(40)39(27(19)37-25)11-16-2-4-18(5-3-16)26-36-21(29(30,31)32)12-38(26)20-13-42-14-20/h2-5,8-10,12,15,17,20H,6-7,11,13-14H2,1H3. The van der Waals surface area contributed by atoms with Crippen LogP contribution >= 0.6 is 0 Å². The molecule has 1 aliphatic heterocycles. The number of fused-ring (bicyclic) bond motifs is 1. The summed E-state index contributed by atoms with van der Waals surface area (Å²) in [6, 6.07) is 9.87. The fourth-order valence-corrected chi connectivity index (χ4v) is 5.11. The van der Waals surface area contributed by atoms with Crippen molar-refractivity contribution >= 4 is 11.0 Å². The first-order valence-corrected chi connectivity index (χ1v) is 13.4. The van der Waals surface area contributed by atoms with E-state index in [1.54, 1.807) is 36.5 Å². The number of ether oxygens (including phenoxy) is 2. The summed E-state index contributed by atoms with van der Waals surface area (Å²) in [4.78, 5) is 35.0. The summed E-state index contributed by atoms with van der Waals surface area (Å²) in [5.41, 5.74) is 1.94. The molecule has 7 rings (SSSR count). The van der Waals surface area contributed by atoms with Gasteiger partial charge in [0.25, 0.3) is 5.56 Å². The van der Waals surface area contributed by atoms with E-state index in [0.29, 0.717) is 47.1 Å². The molecule has 0 amide bonds. The maximum absolute atomic E-state index is 13.4. The predicted molar refractivity (Wildman–Crippen MR) is 145 cm³/mol. The summed E-state index contributed by atoms with van der Waals surface area (Å²) in [5, 5.41) is 0.670. The van der Waals surface area contributed by atoms with Crippen molar-refractivity contribution in [3.63, 3.8) is 0 Å². The first-order chi connectivity index (χ1) is 20.3. The van der Waals surface area contributed by atoms with E-state index >= 15 is 0 Å². The van der Waals surface area contributed by atoms with Gasteiger partial charge in [0.2, 0.25) is 5.88 Å². The van der Waals surface area contributed by atoms with E-state index < -0.39 is 11.9 Å². The van der Waals surface area contributed by atoms with Gasteiger partial charge in [-0.3, -0.25) is 9.36 Å². The largest absolute Gasteiger partial charge is 0.480 e. The zero-order valence-electron chi connectivity index (χ0n) is 22.4. The molecule has 0 unspecified atom stereocenters. The second-order valence-corrected chi connectivity index (χ2v) is 10.4. The van der Waals surface area contributed by atoms with E-state index in [4.69, 9.17) is 14.5 Å². The van der Waals surface area contributed by atoms with E-state index in [1.165, 1.54) is 28.6 Å². The SMILES string of the molecule is COc1ncnc(C2CC2)c1-c1ncc2ccc(=O)n(Cc3ccc(-c4nc(C(F)(F)F)cn4C4COC4)cc3)c2n1. The molecule has 13 heteroatoms. The summed E-state index contributed by atoms with van der Waals surface area (Å²) >= 11 is 0. The number of halogens is 3. The number of benzene rings is 1. The molecule has 1 aliphatic carbocycles. The lowest BCUT2D eigenvalue weighted by Gasteiger charge is -2.28. The van der Waals surface area contributed by atoms with Crippen molar-refractivity contribution in [2.75, 3.05) is 20.3 Å². The van der Waals surface area contributed by atoms with E-state index in [1.807, 2.05) is 0 Å². The number of pyridine rings is 1. The number of aromatic nitrogens is 7. The number of hydrogen-bond acceptors (Lipinski definition) is 8. The van der Waals surface area contributed by atoms with Crippen molar-refractivity contribution in [1.29, 1.82) is 0 Å². The van der Waals surface area contributed by atoms with Crippen molar-refractivity contribution in [3.05, 3.63) is 82.4 Å². The fraction of sp³-hybridized carbons (Fsp3) is 0.310. The van der Waals surface area contributed by atoms with Crippen LogP contribution in [0.2, 0.25) is 0 Å². The zero-order chi connectivity index (χ0) is 29.0. The topological polar surface area (TPSA) is 110 Å². The third-order valence-electron chi connectivity index (χ3n) is 7.54. The smallest absolute Gasteiger partial charge is 0.434 e. The molecule has 1 saturated carbocycles. The summed E-state index contributed by atoms with van der Waals surface area (Å²) < 4.78 is 54.1. The molecule has 42 heavy (non-hydrogen) atoms. The van der Waals surface area contributed by atoms with Crippen LogP contribution in [0, 0.1) is 0 Å². The van der Waals surface area contributed by atoms with Crippen LogP contribution in [-0.4, -0.2) is 54.4 Å². The minimum absolute atomic E-state index is 0.184. The average molecular weight is 576 g/mol. The van der Waals surface area contributed by atoms with Gasteiger partial charge in [0.05, 0.1) is 38.6 Å². The number of alkyl halides is 3. The van der Waals surface area contributed by atoms with Gasteiger partial charge in [-0.2, -0.15) is 13.2 Å². The molecule has 2 fully saturated rings. The Morgan fingerprint density at radius 1 is 1.02 bits per heavy atom. The molecular weight excluding hydrogens is 551 g/mol. The van der Waals surface area contributed by atoms with E-state index in [2.05, 4.69) is 19.9 Å². The summed E-state index contributed by atoms with van der Waals surface area (Å²) in [7, 11) is 1.53. The van der Waals surface area contributed by atoms with Gasteiger partial charge in [-0.1, -0.05) is 24.3 Å². The highest BCUT2D eigenvalue weighted by Crippen LogP contribution is 2.45.